The summed E-state index contributed by atoms with van der Waals surface area (Å²) in [7, 11) is 0. The molecular weight excluding hydrogens is 436 g/mol. The zero-order valence-electron chi connectivity index (χ0n) is 20.8. The van der Waals surface area contributed by atoms with Crippen LogP contribution in [-0.2, 0) is 4.79 Å². The van der Waals surface area contributed by atoms with E-state index in [9.17, 15) is 13.6 Å². The fourth-order valence-corrected chi connectivity index (χ4v) is 5.15. The number of hydrogen-bond donors (Lipinski definition) is 3. The van der Waals surface area contributed by atoms with Gasteiger partial charge in [0.1, 0.15) is 5.84 Å². The number of nitrogens with two attached hydrogens (primary N) is 1. The van der Waals surface area contributed by atoms with Gasteiger partial charge in [-0.15, -0.1) is 0 Å². The van der Waals surface area contributed by atoms with Gasteiger partial charge < -0.3 is 10.2 Å². The standard InChI is InChI=1S/C26H41F2N5O/c1-18(2)33(30)24(29)21-11-15-32(16-12-21)19(3)17-23(20-7-5-4-6-8-20)31-25(34)22-9-13-26(27,28)14-10-22/h4-8,18-19,21-23,29H,9-17,30H2,1-3H3,(H,31,34). The van der Waals surface area contributed by atoms with Crippen molar-refractivity contribution in [3.05, 3.63) is 35.9 Å². The van der Waals surface area contributed by atoms with Crippen LogP contribution in [0.3, 0.4) is 0 Å². The van der Waals surface area contributed by atoms with E-state index in [0.29, 0.717) is 5.84 Å². The summed E-state index contributed by atoms with van der Waals surface area (Å²) in [6.45, 7) is 7.92. The predicted molar refractivity (Wildman–Crippen MR) is 131 cm³/mol. The molecule has 1 aliphatic heterocycles. The average Bonchev–Trinajstić information content (AvgIpc) is 2.83. The Balaban J connectivity index is 1.59. The molecule has 0 spiro atoms. The van der Waals surface area contributed by atoms with Crippen LogP contribution in [-0.4, -0.2) is 52.7 Å². The summed E-state index contributed by atoms with van der Waals surface area (Å²) in [5.74, 6) is 3.64. The smallest absolute Gasteiger partial charge is 0.248 e. The molecule has 1 amide bonds. The summed E-state index contributed by atoms with van der Waals surface area (Å²) < 4.78 is 27.1. The minimum atomic E-state index is -2.64. The molecule has 2 atom stereocenters. The van der Waals surface area contributed by atoms with Crippen molar-refractivity contribution in [1.82, 2.24) is 15.2 Å². The number of likely N-dealkylation sites (tertiary alicyclic amines) is 1. The SMILES string of the molecule is CC(CC(NC(=O)C1CCC(F)(F)CC1)c1ccccc1)N1CCC(C(=N)N(N)C(C)C)CC1. The van der Waals surface area contributed by atoms with Crippen LogP contribution in [0.15, 0.2) is 30.3 Å². The summed E-state index contributed by atoms with van der Waals surface area (Å²) in [6, 6.07) is 10.1. The lowest BCUT2D eigenvalue weighted by atomic mass is 9.85. The molecule has 34 heavy (non-hydrogen) atoms. The molecule has 1 aromatic carbocycles. The van der Waals surface area contributed by atoms with Crippen LogP contribution in [0.1, 0.15) is 77.3 Å². The van der Waals surface area contributed by atoms with Crippen LogP contribution >= 0.6 is 0 Å². The highest BCUT2D eigenvalue weighted by Crippen LogP contribution is 2.36. The summed E-state index contributed by atoms with van der Waals surface area (Å²) in [5, 5.41) is 13.2. The number of rotatable bonds is 8. The number of hydrazine groups is 1. The van der Waals surface area contributed by atoms with Crippen LogP contribution < -0.4 is 11.2 Å². The lowest BCUT2D eigenvalue weighted by Crippen LogP contribution is -2.49. The summed E-state index contributed by atoms with van der Waals surface area (Å²) in [6.07, 6.45) is 2.59. The van der Waals surface area contributed by atoms with E-state index in [-0.39, 0.29) is 61.6 Å². The molecule has 1 aromatic rings. The van der Waals surface area contributed by atoms with E-state index in [1.165, 1.54) is 0 Å². The van der Waals surface area contributed by atoms with Crippen LogP contribution in [0.25, 0.3) is 0 Å². The number of halogens is 2. The molecular formula is C26H41F2N5O. The molecule has 2 unspecified atom stereocenters. The normalized spacial score (nSPS) is 21.7. The van der Waals surface area contributed by atoms with Crippen molar-refractivity contribution in [3.63, 3.8) is 0 Å². The Morgan fingerprint density at radius 2 is 1.71 bits per heavy atom. The molecule has 2 fully saturated rings. The first-order valence-corrected chi connectivity index (χ1v) is 12.7. The topological polar surface area (TPSA) is 85.5 Å². The van der Waals surface area contributed by atoms with Gasteiger partial charge in [-0.05, 0) is 71.5 Å². The largest absolute Gasteiger partial charge is 0.349 e. The van der Waals surface area contributed by atoms with Crippen molar-refractivity contribution in [2.24, 2.45) is 17.7 Å². The summed E-state index contributed by atoms with van der Waals surface area (Å²) in [4.78, 5) is 15.4. The summed E-state index contributed by atoms with van der Waals surface area (Å²) in [5.41, 5.74) is 1.04. The number of carbonyl (C=O) groups is 1. The van der Waals surface area contributed by atoms with Gasteiger partial charge in [0, 0.05) is 36.8 Å². The quantitative estimate of drug-likeness (QED) is 0.219. The molecule has 0 bridgehead atoms. The maximum absolute atomic E-state index is 13.5. The molecule has 1 heterocycles. The van der Waals surface area contributed by atoms with E-state index < -0.39 is 5.92 Å². The van der Waals surface area contributed by atoms with Gasteiger partial charge in [-0.25, -0.2) is 14.6 Å². The molecule has 1 aliphatic carbocycles. The first-order valence-electron chi connectivity index (χ1n) is 12.7. The molecule has 8 heteroatoms. The lowest BCUT2D eigenvalue weighted by molar-refractivity contribution is -0.130. The third-order valence-corrected chi connectivity index (χ3v) is 7.56. The van der Waals surface area contributed by atoms with Crippen molar-refractivity contribution in [3.8, 4) is 0 Å². The van der Waals surface area contributed by atoms with Crippen LogP contribution in [0.5, 0.6) is 0 Å². The fourth-order valence-electron chi connectivity index (χ4n) is 5.15. The second-order valence-corrected chi connectivity index (χ2v) is 10.4. The number of benzene rings is 1. The Kier molecular flexibility index (Phi) is 9.04. The first-order chi connectivity index (χ1) is 16.1. The first kappa shape index (κ1) is 26.5. The number of nitrogens with zero attached hydrogens (tertiary/aromatic N) is 2. The monoisotopic (exact) mass is 477 g/mol. The van der Waals surface area contributed by atoms with Crippen molar-refractivity contribution in [2.75, 3.05) is 13.1 Å². The molecule has 4 N–H and O–H groups in total. The van der Waals surface area contributed by atoms with Gasteiger partial charge in [0.15, 0.2) is 0 Å². The van der Waals surface area contributed by atoms with Gasteiger partial charge in [0.2, 0.25) is 11.8 Å². The van der Waals surface area contributed by atoms with Crippen LogP contribution in [0.2, 0.25) is 0 Å². The number of carbonyl (C=O) groups excluding carboxylic acids is 1. The molecule has 6 nitrogen and oxygen atoms in total. The Morgan fingerprint density at radius 3 is 2.26 bits per heavy atom. The number of amides is 1. The van der Waals surface area contributed by atoms with Gasteiger partial charge >= 0.3 is 0 Å². The predicted octanol–water partition coefficient (Wildman–Crippen LogP) is 4.72. The Labute approximate surface area is 202 Å². The molecule has 3 rings (SSSR count). The minimum absolute atomic E-state index is 0.107. The second kappa shape index (κ2) is 11.6. The van der Waals surface area contributed by atoms with Crippen molar-refractivity contribution < 1.29 is 13.6 Å². The van der Waals surface area contributed by atoms with Crippen molar-refractivity contribution >= 4 is 11.7 Å². The zero-order valence-corrected chi connectivity index (χ0v) is 20.8. The molecule has 190 valence electrons. The highest BCUT2D eigenvalue weighted by molar-refractivity contribution is 5.81. The van der Waals surface area contributed by atoms with Gasteiger partial charge in [0.05, 0.1) is 6.04 Å². The number of nitrogens with one attached hydrogen (secondary N) is 2. The number of alkyl halides is 2. The maximum Gasteiger partial charge on any atom is 0.248 e. The van der Waals surface area contributed by atoms with E-state index in [4.69, 9.17) is 11.3 Å². The lowest BCUT2D eigenvalue weighted by Gasteiger charge is -2.39. The average molecular weight is 478 g/mol. The third-order valence-electron chi connectivity index (χ3n) is 7.56. The van der Waals surface area contributed by atoms with Crippen LogP contribution in [0, 0.1) is 17.2 Å². The zero-order chi connectivity index (χ0) is 24.9. The Morgan fingerprint density at radius 1 is 1.12 bits per heavy atom. The number of amidine groups is 1. The minimum Gasteiger partial charge on any atom is -0.349 e. The molecule has 1 saturated heterocycles. The van der Waals surface area contributed by atoms with Crippen LogP contribution in [0.4, 0.5) is 8.78 Å². The van der Waals surface area contributed by atoms with Gasteiger partial charge in [0.25, 0.3) is 0 Å². The van der Waals surface area contributed by atoms with Gasteiger partial charge in [-0.3, -0.25) is 15.2 Å². The molecule has 0 radical (unpaired) electrons. The van der Waals surface area contributed by atoms with E-state index in [0.717, 1.165) is 37.9 Å². The highest BCUT2D eigenvalue weighted by atomic mass is 19.3. The highest BCUT2D eigenvalue weighted by Gasteiger charge is 2.38. The fraction of sp³-hybridized carbons (Fsp3) is 0.692. The molecule has 1 saturated carbocycles. The van der Waals surface area contributed by atoms with Gasteiger partial charge in [-0.1, -0.05) is 30.3 Å². The van der Waals surface area contributed by atoms with E-state index in [1.807, 2.05) is 44.2 Å². The molecule has 2 aliphatic rings. The van der Waals surface area contributed by atoms with E-state index in [1.54, 1.807) is 5.01 Å². The number of hydrogen-bond acceptors (Lipinski definition) is 4. The third kappa shape index (κ3) is 6.98. The molecule has 0 aromatic heterocycles. The second-order valence-electron chi connectivity index (χ2n) is 10.4. The van der Waals surface area contributed by atoms with Crippen molar-refractivity contribution in [1.29, 1.82) is 5.41 Å². The Hall–Kier alpha value is -2.06. The van der Waals surface area contributed by atoms with Gasteiger partial charge in [-0.2, -0.15) is 0 Å². The Bertz CT molecular complexity index is 801. The van der Waals surface area contributed by atoms with Crippen molar-refractivity contribution in [2.45, 2.75) is 89.8 Å². The van der Waals surface area contributed by atoms with E-state index in [2.05, 4.69) is 17.1 Å². The maximum atomic E-state index is 13.5. The number of piperidine rings is 1. The summed E-state index contributed by atoms with van der Waals surface area (Å²) >= 11 is 0. The van der Waals surface area contributed by atoms with E-state index >= 15 is 0 Å².